The summed E-state index contributed by atoms with van der Waals surface area (Å²) in [5, 5.41) is 12.3. The Balaban J connectivity index is 2.24. The van der Waals surface area contributed by atoms with E-state index < -0.39 is 23.5 Å². The molecule has 1 unspecified atom stereocenters. The van der Waals surface area contributed by atoms with Crippen LogP contribution in [0.4, 0.5) is 28.4 Å². The lowest BCUT2D eigenvalue weighted by molar-refractivity contribution is -0.150. The van der Waals surface area contributed by atoms with E-state index in [0.717, 1.165) is 23.6 Å². The highest BCUT2D eigenvalue weighted by Crippen LogP contribution is 2.33. The molecule has 0 amide bonds. The maximum absolute atomic E-state index is 14.0. The molecule has 0 saturated carbocycles. The molecule has 0 aliphatic heterocycles. The van der Waals surface area contributed by atoms with Crippen LogP contribution in [-0.4, -0.2) is 16.1 Å². The summed E-state index contributed by atoms with van der Waals surface area (Å²) in [6.07, 6.45) is -4.54. The molecule has 1 heterocycles. The van der Waals surface area contributed by atoms with Gasteiger partial charge in [0, 0.05) is 16.6 Å². The van der Waals surface area contributed by atoms with Crippen molar-refractivity contribution in [3.05, 3.63) is 40.9 Å². The van der Waals surface area contributed by atoms with Gasteiger partial charge in [0.15, 0.2) is 10.8 Å². The van der Waals surface area contributed by atoms with Crippen LogP contribution in [0, 0.1) is 0 Å². The average molecular weight is 334 g/mol. The number of carboxylic acids is 1. The monoisotopic (exact) mass is 334 g/mol. The molecule has 0 aliphatic rings. The van der Waals surface area contributed by atoms with Gasteiger partial charge in [-0.3, -0.25) is 0 Å². The van der Waals surface area contributed by atoms with Gasteiger partial charge in [0.1, 0.15) is 0 Å². The lowest BCUT2D eigenvalue weighted by atomic mass is 9.98. The number of hydrogen-bond acceptors (Lipinski definition) is 4. The highest BCUT2D eigenvalue weighted by atomic mass is 32.1. The molecule has 1 aromatic heterocycles. The summed E-state index contributed by atoms with van der Waals surface area (Å²) in [4.78, 5) is 14.3. The van der Waals surface area contributed by atoms with Gasteiger partial charge in [0.05, 0.1) is 0 Å². The number of aromatic nitrogens is 1. The number of aliphatic carboxylic acids is 1. The molecule has 1 aromatic carbocycles. The number of anilines is 2. The number of nitrogens with one attached hydrogen (secondary N) is 1. The van der Waals surface area contributed by atoms with Crippen molar-refractivity contribution in [3.63, 3.8) is 0 Å². The summed E-state index contributed by atoms with van der Waals surface area (Å²) < 4.78 is 51.4. The number of thiazole rings is 1. The molecule has 9 heteroatoms. The molecule has 4 nitrogen and oxygen atoms in total. The van der Waals surface area contributed by atoms with Gasteiger partial charge < -0.3 is 10.4 Å². The summed E-state index contributed by atoms with van der Waals surface area (Å²) in [5.74, 6) is -1.65. The van der Waals surface area contributed by atoms with E-state index in [9.17, 15) is 22.4 Å². The van der Waals surface area contributed by atoms with Crippen LogP contribution in [0.1, 0.15) is 18.2 Å². The Morgan fingerprint density at radius 2 is 2.00 bits per heavy atom. The maximum Gasteiger partial charge on any atom is 0.434 e. The first-order chi connectivity index (χ1) is 10.1. The Kier molecular flexibility index (Phi) is 4.10. The topological polar surface area (TPSA) is 62.2 Å². The molecule has 22 heavy (non-hydrogen) atoms. The second kappa shape index (κ2) is 5.56. The highest BCUT2D eigenvalue weighted by Gasteiger charge is 2.35. The summed E-state index contributed by atoms with van der Waals surface area (Å²) in [6, 6.07) is 5.36. The molecule has 2 N–H and O–H groups in total. The normalized spacial score (nSPS) is 14.4. The van der Waals surface area contributed by atoms with Crippen molar-refractivity contribution < 1.29 is 27.5 Å². The Labute approximate surface area is 126 Å². The third-order valence-electron chi connectivity index (χ3n) is 2.85. The van der Waals surface area contributed by atoms with Crippen molar-refractivity contribution in [2.24, 2.45) is 0 Å². The first kappa shape index (κ1) is 16.2. The smallest absolute Gasteiger partial charge is 0.434 e. The number of hydrogen-bond donors (Lipinski definition) is 2. The second-order valence-corrected chi connectivity index (χ2v) is 5.41. The van der Waals surface area contributed by atoms with Gasteiger partial charge in [-0.05, 0) is 19.1 Å². The molecular weight excluding hydrogens is 324 g/mol. The van der Waals surface area contributed by atoms with Crippen LogP contribution >= 0.6 is 11.3 Å². The maximum atomic E-state index is 14.0. The predicted octanol–water partition coefficient (Wildman–Crippen LogP) is 4.17. The van der Waals surface area contributed by atoms with Crippen LogP contribution in [0.5, 0.6) is 0 Å². The number of nitrogens with zero attached hydrogens (tertiary/aromatic N) is 1. The lowest BCUT2D eigenvalue weighted by Crippen LogP contribution is -2.26. The minimum absolute atomic E-state index is 0.0274. The number of halogens is 4. The molecule has 2 aromatic rings. The zero-order valence-corrected chi connectivity index (χ0v) is 11.9. The fraction of sp³-hybridized carbons (Fsp3) is 0.231. The van der Waals surface area contributed by atoms with Gasteiger partial charge in [0.2, 0.25) is 5.67 Å². The molecule has 2 rings (SSSR count). The third-order valence-corrected chi connectivity index (χ3v) is 3.61. The summed E-state index contributed by atoms with van der Waals surface area (Å²) in [5.41, 5.74) is -3.52. The second-order valence-electron chi connectivity index (χ2n) is 4.55. The van der Waals surface area contributed by atoms with E-state index in [1.807, 2.05) is 0 Å². The van der Waals surface area contributed by atoms with E-state index >= 15 is 0 Å². The highest BCUT2D eigenvalue weighted by molar-refractivity contribution is 7.13. The average Bonchev–Trinajstić information content (AvgIpc) is 2.87. The number of alkyl halides is 4. The van der Waals surface area contributed by atoms with Crippen molar-refractivity contribution in [1.29, 1.82) is 0 Å². The van der Waals surface area contributed by atoms with Crippen molar-refractivity contribution in [2.75, 3.05) is 5.32 Å². The first-order valence-corrected chi connectivity index (χ1v) is 6.81. The molecule has 0 radical (unpaired) electrons. The van der Waals surface area contributed by atoms with Gasteiger partial charge in [-0.1, -0.05) is 12.1 Å². The molecule has 118 valence electrons. The fourth-order valence-corrected chi connectivity index (χ4v) is 2.33. The van der Waals surface area contributed by atoms with Gasteiger partial charge >= 0.3 is 12.1 Å². The Bertz CT molecular complexity index is 697. The third kappa shape index (κ3) is 3.35. The minimum atomic E-state index is -4.54. The van der Waals surface area contributed by atoms with E-state index in [1.54, 1.807) is 0 Å². The van der Waals surface area contributed by atoms with Crippen molar-refractivity contribution in [2.45, 2.75) is 18.8 Å². The van der Waals surface area contributed by atoms with Crippen LogP contribution in [-0.2, 0) is 16.6 Å². The van der Waals surface area contributed by atoms with Gasteiger partial charge in [-0.15, -0.1) is 11.3 Å². The van der Waals surface area contributed by atoms with Crippen molar-refractivity contribution in [3.8, 4) is 0 Å². The molecule has 0 fully saturated rings. The number of rotatable bonds is 4. The molecule has 1 atom stereocenters. The minimum Gasteiger partial charge on any atom is -0.479 e. The summed E-state index contributed by atoms with van der Waals surface area (Å²) >= 11 is 0.739. The van der Waals surface area contributed by atoms with Gasteiger partial charge in [0.25, 0.3) is 0 Å². The Hall–Kier alpha value is -2.16. The molecule has 0 saturated heterocycles. The first-order valence-electron chi connectivity index (χ1n) is 5.93. The van der Waals surface area contributed by atoms with Crippen LogP contribution in [0.2, 0.25) is 0 Å². The van der Waals surface area contributed by atoms with E-state index in [-0.39, 0.29) is 16.4 Å². The van der Waals surface area contributed by atoms with E-state index in [2.05, 4.69) is 10.3 Å². The van der Waals surface area contributed by atoms with Crippen molar-refractivity contribution >= 4 is 28.1 Å². The van der Waals surface area contributed by atoms with E-state index in [4.69, 9.17) is 5.11 Å². The SMILES string of the molecule is CC(F)(C(=O)O)c1cccc(Nc2nc(C(F)(F)F)cs2)c1. The van der Waals surface area contributed by atoms with Crippen LogP contribution in [0.25, 0.3) is 0 Å². The quantitative estimate of drug-likeness (QED) is 0.824. The number of carboxylic acid groups (broad SMARTS) is 1. The van der Waals surface area contributed by atoms with Gasteiger partial charge in [-0.25, -0.2) is 14.2 Å². The van der Waals surface area contributed by atoms with Crippen LogP contribution in [0.3, 0.4) is 0 Å². The standard InChI is InChI=1S/C13H10F4N2O2S/c1-12(14,10(20)21)7-3-2-4-8(5-7)18-11-19-9(6-22-11)13(15,16)17/h2-6H,1H3,(H,18,19)(H,20,21). The van der Waals surface area contributed by atoms with Crippen LogP contribution in [0.15, 0.2) is 29.6 Å². The van der Waals surface area contributed by atoms with E-state index in [1.165, 1.54) is 24.3 Å². The zero-order chi connectivity index (χ0) is 16.5. The summed E-state index contributed by atoms with van der Waals surface area (Å²) in [6.45, 7) is 0.888. The summed E-state index contributed by atoms with van der Waals surface area (Å²) in [7, 11) is 0. The number of carbonyl (C=O) groups is 1. The lowest BCUT2D eigenvalue weighted by Gasteiger charge is -2.16. The molecule has 0 bridgehead atoms. The fourth-order valence-electron chi connectivity index (χ4n) is 1.60. The molecule has 0 aliphatic carbocycles. The molecular formula is C13H10F4N2O2S. The Morgan fingerprint density at radius 3 is 2.55 bits per heavy atom. The largest absolute Gasteiger partial charge is 0.479 e. The zero-order valence-electron chi connectivity index (χ0n) is 11.1. The predicted molar refractivity (Wildman–Crippen MR) is 72.9 cm³/mol. The molecule has 0 spiro atoms. The van der Waals surface area contributed by atoms with E-state index in [0.29, 0.717) is 0 Å². The number of benzene rings is 1. The Morgan fingerprint density at radius 1 is 1.32 bits per heavy atom. The van der Waals surface area contributed by atoms with Gasteiger partial charge in [-0.2, -0.15) is 13.2 Å². The van der Waals surface area contributed by atoms with Crippen LogP contribution < -0.4 is 5.32 Å². The van der Waals surface area contributed by atoms with Crippen molar-refractivity contribution in [1.82, 2.24) is 4.98 Å².